The van der Waals surface area contributed by atoms with Gasteiger partial charge in [-0.2, -0.15) is 5.26 Å². The lowest BCUT2D eigenvalue weighted by atomic mass is 10.1. The lowest BCUT2D eigenvalue weighted by molar-refractivity contribution is -0.125. The fourth-order valence-electron chi connectivity index (χ4n) is 2.54. The van der Waals surface area contributed by atoms with Crippen molar-refractivity contribution in [2.75, 3.05) is 13.1 Å². The van der Waals surface area contributed by atoms with Crippen molar-refractivity contribution in [1.29, 1.82) is 5.26 Å². The van der Waals surface area contributed by atoms with E-state index in [2.05, 4.69) is 20.5 Å². The van der Waals surface area contributed by atoms with Gasteiger partial charge in [-0.15, -0.1) is 11.3 Å². The molecule has 3 aromatic rings. The van der Waals surface area contributed by atoms with Gasteiger partial charge in [0.25, 0.3) is 0 Å². The van der Waals surface area contributed by atoms with Crippen LogP contribution in [0.3, 0.4) is 0 Å². The Morgan fingerprint density at radius 3 is 2.57 bits per heavy atom. The third-order valence-corrected chi connectivity index (χ3v) is 4.90. The first kappa shape index (κ1) is 19.0. The normalized spacial score (nSPS) is 10.1. The zero-order chi connectivity index (χ0) is 19.9. The van der Waals surface area contributed by atoms with E-state index in [9.17, 15) is 9.59 Å². The first-order valence-electron chi connectivity index (χ1n) is 8.37. The molecule has 0 fully saturated rings. The predicted octanol–water partition coefficient (Wildman–Crippen LogP) is 2.81. The summed E-state index contributed by atoms with van der Waals surface area (Å²) >= 11 is 1.43. The number of hydrogen-bond donors (Lipinski definition) is 2. The van der Waals surface area contributed by atoms with Gasteiger partial charge in [0.1, 0.15) is 11.6 Å². The van der Waals surface area contributed by atoms with Gasteiger partial charge in [-0.1, -0.05) is 30.3 Å². The molecule has 7 nitrogen and oxygen atoms in total. The second kappa shape index (κ2) is 8.76. The number of nitriles is 1. The van der Waals surface area contributed by atoms with E-state index >= 15 is 0 Å². The topological polar surface area (TPSA) is 99.2 Å². The minimum Gasteiger partial charge on any atom is -0.347 e. The van der Waals surface area contributed by atoms with Crippen molar-refractivity contribution >= 4 is 39.1 Å². The fraction of sp³-hybridized carbons (Fsp3) is 0.150. The van der Waals surface area contributed by atoms with E-state index in [4.69, 9.17) is 11.8 Å². The Kier molecular flexibility index (Phi) is 5.95. The van der Waals surface area contributed by atoms with Gasteiger partial charge in [-0.25, -0.2) is 9.83 Å². The van der Waals surface area contributed by atoms with Crippen molar-refractivity contribution in [3.05, 3.63) is 58.9 Å². The summed E-state index contributed by atoms with van der Waals surface area (Å²) in [6.07, 6.45) is 0.0832. The number of fused-ring (bicyclic) bond motifs is 1. The number of aromatic nitrogens is 1. The molecule has 8 heteroatoms. The van der Waals surface area contributed by atoms with Crippen LogP contribution in [0.5, 0.6) is 0 Å². The van der Waals surface area contributed by atoms with Crippen LogP contribution >= 0.6 is 11.3 Å². The number of hydrogen-bond acceptors (Lipinski definition) is 5. The molecular weight excluding hydrogens is 374 g/mol. The number of amides is 2. The zero-order valence-electron chi connectivity index (χ0n) is 14.7. The van der Waals surface area contributed by atoms with Crippen molar-refractivity contribution in [3.63, 3.8) is 0 Å². The summed E-state index contributed by atoms with van der Waals surface area (Å²) < 4.78 is 0.960. The van der Waals surface area contributed by atoms with E-state index in [0.29, 0.717) is 10.7 Å². The summed E-state index contributed by atoms with van der Waals surface area (Å²) in [5.74, 6) is -0.714. The van der Waals surface area contributed by atoms with Crippen LogP contribution in [-0.2, 0) is 16.0 Å². The number of nitrogens with one attached hydrogen (secondary N) is 2. The van der Waals surface area contributed by atoms with Crippen LogP contribution in [0.15, 0.2) is 42.5 Å². The molecule has 0 aliphatic rings. The summed E-state index contributed by atoms with van der Waals surface area (Å²) in [6.45, 7) is 6.76. The van der Waals surface area contributed by atoms with Gasteiger partial charge in [-0.05, 0) is 23.3 Å². The van der Waals surface area contributed by atoms with Crippen molar-refractivity contribution in [2.24, 2.45) is 0 Å². The molecule has 138 valence electrons. The molecule has 0 aliphatic heterocycles. The van der Waals surface area contributed by atoms with Crippen molar-refractivity contribution in [1.82, 2.24) is 15.6 Å². The molecule has 2 aromatic carbocycles. The Balaban J connectivity index is 1.67. The van der Waals surface area contributed by atoms with Crippen molar-refractivity contribution in [2.45, 2.75) is 6.42 Å². The van der Waals surface area contributed by atoms with Crippen LogP contribution in [0.1, 0.15) is 5.01 Å². The molecule has 2 N–H and O–H groups in total. The number of rotatable bonds is 6. The maximum absolute atomic E-state index is 12.0. The Bertz CT molecular complexity index is 1110. The van der Waals surface area contributed by atoms with Crippen molar-refractivity contribution in [3.8, 4) is 17.2 Å². The molecule has 0 saturated carbocycles. The molecule has 0 atom stereocenters. The third kappa shape index (κ3) is 4.70. The monoisotopic (exact) mass is 389 g/mol. The average Bonchev–Trinajstić information content (AvgIpc) is 3.12. The highest BCUT2D eigenvalue weighted by Crippen LogP contribution is 2.29. The van der Waals surface area contributed by atoms with Crippen LogP contribution in [0.4, 0.5) is 5.69 Å². The smallest absolute Gasteiger partial charge is 0.240 e. The molecular formula is C20H15N5O2S. The molecule has 0 bridgehead atoms. The molecule has 28 heavy (non-hydrogen) atoms. The second-order valence-corrected chi connectivity index (χ2v) is 6.95. The van der Waals surface area contributed by atoms with E-state index in [-0.39, 0.29) is 25.4 Å². The van der Waals surface area contributed by atoms with Crippen LogP contribution in [0.2, 0.25) is 0 Å². The maximum Gasteiger partial charge on any atom is 0.240 e. The predicted molar refractivity (Wildman–Crippen MR) is 107 cm³/mol. The highest BCUT2D eigenvalue weighted by molar-refractivity contribution is 7.18. The summed E-state index contributed by atoms with van der Waals surface area (Å²) in [7, 11) is 0. The summed E-state index contributed by atoms with van der Waals surface area (Å²) in [5, 5.41) is 13.9. The third-order valence-electron chi connectivity index (χ3n) is 3.88. The highest BCUT2D eigenvalue weighted by atomic mass is 32.1. The van der Waals surface area contributed by atoms with E-state index in [1.807, 2.05) is 30.3 Å². The molecule has 3 rings (SSSR count). The van der Waals surface area contributed by atoms with Crippen LogP contribution in [0, 0.1) is 17.9 Å². The standard InChI is InChI=1S/C20H15N5O2S/c1-22-15-5-2-13(3-6-15)14-4-7-16-17(10-14)28-20(25-16)11-18(26)24-12-19(27)23-9-8-21/h2-7,10H,9,11-12H2,(H,23,27)(H,24,26). The minimum absolute atomic E-state index is 0.0832. The van der Waals surface area contributed by atoms with Crippen LogP contribution in [-0.4, -0.2) is 29.9 Å². The molecule has 0 aliphatic carbocycles. The van der Waals surface area contributed by atoms with Crippen LogP contribution in [0.25, 0.3) is 26.2 Å². The highest BCUT2D eigenvalue weighted by Gasteiger charge is 2.11. The lowest BCUT2D eigenvalue weighted by Gasteiger charge is -2.03. The van der Waals surface area contributed by atoms with E-state index in [0.717, 1.165) is 21.3 Å². The quantitative estimate of drug-likeness (QED) is 0.500. The number of thiazole rings is 1. The summed E-state index contributed by atoms with van der Waals surface area (Å²) in [5.41, 5.74) is 3.42. The molecule has 0 unspecified atom stereocenters. The number of nitrogens with zero attached hydrogens (tertiary/aromatic N) is 3. The average molecular weight is 389 g/mol. The first-order chi connectivity index (χ1) is 13.6. The van der Waals surface area contributed by atoms with Gasteiger partial charge < -0.3 is 10.6 Å². The molecule has 0 radical (unpaired) electrons. The molecule has 0 saturated heterocycles. The fourth-order valence-corrected chi connectivity index (χ4v) is 3.54. The Morgan fingerprint density at radius 1 is 1.11 bits per heavy atom. The molecule has 1 aromatic heterocycles. The molecule has 0 spiro atoms. The van der Waals surface area contributed by atoms with E-state index < -0.39 is 5.91 Å². The number of carbonyl (C=O) groups is 2. The Hall–Kier alpha value is -3.75. The first-order valence-corrected chi connectivity index (χ1v) is 9.18. The van der Waals surface area contributed by atoms with Gasteiger partial charge in [0.2, 0.25) is 11.8 Å². The van der Waals surface area contributed by atoms with Gasteiger partial charge in [0.15, 0.2) is 5.69 Å². The van der Waals surface area contributed by atoms with Gasteiger partial charge in [-0.3, -0.25) is 9.59 Å². The molecule has 1 heterocycles. The summed E-state index contributed by atoms with van der Waals surface area (Å²) in [4.78, 5) is 31.3. The lowest BCUT2D eigenvalue weighted by Crippen LogP contribution is -2.37. The number of carbonyl (C=O) groups excluding carboxylic acids is 2. The zero-order valence-corrected chi connectivity index (χ0v) is 15.5. The second-order valence-electron chi connectivity index (χ2n) is 5.84. The van der Waals surface area contributed by atoms with Crippen molar-refractivity contribution < 1.29 is 9.59 Å². The molecule has 2 amide bonds. The minimum atomic E-state index is -0.409. The SMILES string of the molecule is [C-]#[N+]c1ccc(-c2ccc3nc(CC(=O)NCC(=O)NCC#N)sc3c2)cc1. The summed E-state index contributed by atoms with van der Waals surface area (Å²) in [6, 6.07) is 15.0. The Morgan fingerprint density at radius 2 is 1.86 bits per heavy atom. The van der Waals surface area contributed by atoms with E-state index in [1.54, 1.807) is 18.2 Å². The largest absolute Gasteiger partial charge is 0.347 e. The van der Waals surface area contributed by atoms with Gasteiger partial charge in [0.05, 0.1) is 35.8 Å². The number of benzene rings is 2. The van der Waals surface area contributed by atoms with Gasteiger partial charge >= 0.3 is 0 Å². The van der Waals surface area contributed by atoms with Gasteiger partial charge in [0, 0.05) is 0 Å². The maximum atomic E-state index is 12.0. The Labute approximate surface area is 165 Å². The van der Waals surface area contributed by atoms with E-state index in [1.165, 1.54) is 11.3 Å². The van der Waals surface area contributed by atoms with Crippen LogP contribution < -0.4 is 10.6 Å².